The van der Waals surface area contributed by atoms with Gasteiger partial charge in [-0.2, -0.15) is 0 Å². The number of hydrazine groups is 1. The number of unbranched alkanes of at least 4 members (excludes halogenated alkanes) is 3. The Bertz CT molecular complexity index is 344. The lowest BCUT2D eigenvalue weighted by Gasteiger charge is -2.18. The highest BCUT2D eigenvalue weighted by atomic mass is 79.9. The largest absolute Gasteiger partial charge is 0.271 e. The van der Waals surface area contributed by atoms with Crippen molar-refractivity contribution in [3.8, 4) is 0 Å². The molecule has 2 nitrogen and oxygen atoms in total. The second-order valence-electron chi connectivity index (χ2n) is 4.23. The Labute approximate surface area is 117 Å². The normalized spacial score (nSPS) is 12.7. The van der Waals surface area contributed by atoms with Gasteiger partial charge in [0.05, 0.1) is 0 Å². The molecular weight excluding hydrogens is 300 g/mol. The molecule has 0 aromatic heterocycles. The summed E-state index contributed by atoms with van der Waals surface area (Å²) in [5, 5.41) is 0.738. The van der Waals surface area contributed by atoms with Gasteiger partial charge < -0.3 is 0 Å². The van der Waals surface area contributed by atoms with E-state index in [2.05, 4.69) is 28.3 Å². The predicted molar refractivity (Wildman–Crippen MR) is 78.0 cm³/mol. The van der Waals surface area contributed by atoms with Gasteiger partial charge in [-0.15, -0.1) is 0 Å². The number of hydrogen-bond donors (Lipinski definition) is 2. The highest BCUT2D eigenvalue weighted by Gasteiger charge is 2.12. The van der Waals surface area contributed by atoms with Crippen LogP contribution in [0.4, 0.5) is 0 Å². The molecule has 0 fully saturated rings. The van der Waals surface area contributed by atoms with E-state index in [-0.39, 0.29) is 6.04 Å². The molecule has 0 saturated carbocycles. The van der Waals surface area contributed by atoms with Gasteiger partial charge in [-0.05, 0) is 24.1 Å². The van der Waals surface area contributed by atoms with Crippen molar-refractivity contribution in [3.05, 3.63) is 33.3 Å². The van der Waals surface area contributed by atoms with Gasteiger partial charge in [0.1, 0.15) is 0 Å². The van der Waals surface area contributed by atoms with Gasteiger partial charge >= 0.3 is 0 Å². The topological polar surface area (TPSA) is 38.0 Å². The summed E-state index contributed by atoms with van der Waals surface area (Å²) in [6.07, 6.45) is 6.05. The first-order valence-corrected chi connectivity index (χ1v) is 7.27. The van der Waals surface area contributed by atoms with E-state index in [0.29, 0.717) is 0 Å². The van der Waals surface area contributed by atoms with E-state index in [1.807, 2.05) is 18.2 Å². The van der Waals surface area contributed by atoms with E-state index in [4.69, 9.17) is 17.4 Å². The molecule has 0 radical (unpaired) electrons. The van der Waals surface area contributed by atoms with Gasteiger partial charge in [-0.3, -0.25) is 11.3 Å². The lowest BCUT2D eigenvalue weighted by molar-refractivity contribution is 0.480. The fourth-order valence-corrected chi connectivity index (χ4v) is 2.85. The van der Waals surface area contributed by atoms with Crippen LogP contribution in [0.1, 0.15) is 50.6 Å². The second kappa shape index (κ2) is 8.09. The first kappa shape index (κ1) is 15.0. The molecule has 0 heterocycles. The van der Waals surface area contributed by atoms with Gasteiger partial charge in [0.15, 0.2) is 0 Å². The van der Waals surface area contributed by atoms with Gasteiger partial charge in [0, 0.05) is 15.5 Å². The summed E-state index contributed by atoms with van der Waals surface area (Å²) >= 11 is 9.46. The molecule has 1 rings (SSSR count). The Morgan fingerprint density at radius 2 is 2.12 bits per heavy atom. The van der Waals surface area contributed by atoms with E-state index < -0.39 is 0 Å². The van der Waals surface area contributed by atoms with Crippen molar-refractivity contribution in [2.24, 2.45) is 5.84 Å². The quantitative estimate of drug-likeness (QED) is 0.438. The minimum atomic E-state index is 0.193. The van der Waals surface area contributed by atoms with E-state index in [1.165, 1.54) is 31.2 Å². The standard InChI is InChI=1S/C13H20BrClN2/c1-2-3-4-5-6-13(17-16)11-8-7-10(15)9-12(11)14/h7-9,13,17H,2-6,16H2,1H3. The minimum absolute atomic E-state index is 0.193. The predicted octanol–water partition coefficient (Wildman–Crippen LogP) is 4.58. The second-order valence-corrected chi connectivity index (χ2v) is 5.53. The van der Waals surface area contributed by atoms with Crippen molar-refractivity contribution in [2.45, 2.75) is 45.1 Å². The molecule has 0 aliphatic rings. The fourth-order valence-electron chi connectivity index (χ4n) is 1.89. The highest BCUT2D eigenvalue weighted by molar-refractivity contribution is 9.10. The Morgan fingerprint density at radius 1 is 1.35 bits per heavy atom. The van der Waals surface area contributed by atoms with Crippen LogP contribution in [0.5, 0.6) is 0 Å². The fraction of sp³-hybridized carbons (Fsp3) is 0.538. The molecule has 0 saturated heterocycles. The highest BCUT2D eigenvalue weighted by Crippen LogP contribution is 2.29. The summed E-state index contributed by atoms with van der Waals surface area (Å²) in [6, 6.07) is 6.03. The number of benzene rings is 1. The lowest BCUT2D eigenvalue weighted by Crippen LogP contribution is -2.28. The van der Waals surface area contributed by atoms with Crippen LogP contribution in [-0.4, -0.2) is 0 Å². The number of nitrogens with one attached hydrogen (secondary N) is 1. The third kappa shape index (κ3) is 4.96. The number of halogens is 2. The van der Waals surface area contributed by atoms with Crippen LogP contribution in [0.2, 0.25) is 5.02 Å². The third-order valence-corrected chi connectivity index (χ3v) is 3.81. The molecular formula is C13H20BrClN2. The SMILES string of the molecule is CCCCCCC(NN)c1ccc(Cl)cc1Br. The first-order valence-electron chi connectivity index (χ1n) is 6.10. The Hall–Kier alpha value is -0.0900. The zero-order valence-corrected chi connectivity index (χ0v) is 12.5. The summed E-state index contributed by atoms with van der Waals surface area (Å²) < 4.78 is 1.02. The molecule has 0 aliphatic carbocycles. The van der Waals surface area contributed by atoms with Crippen LogP contribution >= 0.6 is 27.5 Å². The molecule has 1 aromatic carbocycles. The molecule has 3 N–H and O–H groups in total. The Morgan fingerprint density at radius 3 is 2.71 bits per heavy atom. The number of nitrogens with two attached hydrogens (primary N) is 1. The van der Waals surface area contributed by atoms with Crippen molar-refractivity contribution in [1.29, 1.82) is 0 Å². The molecule has 0 amide bonds. The first-order chi connectivity index (χ1) is 8.19. The van der Waals surface area contributed by atoms with E-state index in [0.717, 1.165) is 15.9 Å². The molecule has 1 unspecified atom stereocenters. The van der Waals surface area contributed by atoms with E-state index >= 15 is 0 Å². The maximum Gasteiger partial charge on any atom is 0.0471 e. The summed E-state index contributed by atoms with van der Waals surface area (Å²) in [7, 11) is 0. The van der Waals surface area contributed by atoms with Crippen LogP contribution in [0, 0.1) is 0 Å². The smallest absolute Gasteiger partial charge is 0.0471 e. The van der Waals surface area contributed by atoms with Crippen LogP contribution in [0.25, 0.3) is 0 Å². The Kier molecular flexibility index (Phi) is 7.12. The number of rotatable bonds is 7. The summed E-state index contributed by atoms with van der Waals surface area (Å²) in [5.74, 6) is 5.62. The van der Waals surface area contributed by atoms with Crippen molar-refractivity contribution >= 4 is 27.5 Å². The maximum absolute atomic E-state index is 5.93. The van der Waals surface area contributed by atoms with Gasteiger partial charge in [-0.25, -0.2) is 0 Å². The summed E-state index contributed by atoms with van der Waals surface area (Å²) in [5.41, 5.74) is 4.06. The molecule has 1 aromatic rings. The van der Waals surface area contributed by atoms with Crippen molar-refractivity contribution in [2.75, 3.05) is 0 Å². The lowest BCUT2D eigenvalue weighted by atomic mass is 10.0. The van der Waals surface area contributed by atoms with Crippen molar-refractivity contribution in [1.82, 2.24) is 5.43 Å². The van der Waals surface area contributed by atoms with Gasteiger partial charge in [0.2, 0.25) is 0 Å². The van der Waals surface area contributed by atoms with Crippen LogP contribution in [-0.2, 0) is 0 Å². The monoisotopic (exact) mass is 318 g/mol. The molecule has 1 atom stereocenters. The van der Waals surface area contributed by atoms with Crippen molar-refractivity contribution < 1.29 is 0 Å². The number of hydrogen-bond acceptors (Lipinski definition) is 2. The molecule has 96 valence electrons. The van der Waals surface area contributed by atoms with E-state index in [9.17, 15) is 0 Å². The zero-order chi connectivity index (χ0) is 12.7. The van der Waals surface area contributed by atoms with Crippen molar-refractivity contribution in [3.63, 3.8) is 0 Å². The maximum atomic E-state index is 5.93. The van der Waals surface area contributed by atoms with E-state index in [1.54, 1.807) is 0 Å². The molecule has 0 bridgehead atoms. The molecule has 4 heteroatoms. The summed E-state index contributed by atoms with van der Waals surface area (Å²) in [6.45, 7) is 2.22. The minimum Gasteiger partial charge on any atom is -0.271 e. The molecule has 17 heavy (non-hydrogen) atoms. The molecule has 0 spiro atoms. The van der Waals surface area contributed by atoms with Crippen LogP contribution in [0.15, 0.2) is 22.7 Å². The van der Waals surface area contributed by atoms with Crippen LogP contribution < -0.4 is 11.3 Å². The Balaban J connectivity index is 2.59. The average molecular weight is 320 g/mol. The summed E-state index contributed by atoms with van der Waals surface area (Å²) in [4.78, 5) is 0. The van der Waals surface area contributed by atoms with Crippen LogP contribution in [0.3, 0.4) is 0 Å². The third-order valence-electron chi connectivity index (χ3n) is 2.89. The van der Waals surface area contributed by atoms with Gasteiger partial charge in [-0.1, -0.05) is 66.2 Å². The molecule has 0 aliphatic heterocycles. The average Bonchev–Trinajstić information content (AvgIpc) is 2.31. The zero-order valence-electron chi connectivity index (χ0n) is 10.2. The van der Waals surface area contributed by atoms with Gasteiger partial charge in [0.25, 0.3) is 0 Å².